The molecule has 0 aromatic heterocycles. The molecule has 0 fully saturated rings. The lowest BCUT2D eigenvalue weighted by Crippen LogP contribution is -2.03. The van der Waals surface area contributed by atoms with Crippen LogP contribution in [0.4, 0.5) is 0 Å². The van der Waals surface area contributed by atoms with E-state index in [0.717, 1.165) is 35.5 Å². The maximum Gasteiger partial charge on any atom is 0.123 e. The topological polar surface area (TPSA) is 18.5 Å². The van der Waals surface area contributed by atoms with Crippen molar-refractivity contribution in [3.8, 4) is 22.6 Å². The molecule has 26 heavy (non-hydrogen) atoms. The predicted octanol–water partition coefficient (Wildman–Crippen LogP) is 5.94. The number of allylic oxidation sites excluding steroid dienone is 2. The first kappa shape index (κ1) is 19.3. The van der Waals surface area contributed by atoms with Crippen LogP contribution in [0.5, 0.6) is 11.5 Å². The average Bonchev–Trinajstić information content (AvgIpc) is 2.67. The highest BCUT2D eigenvalue weighted by Crippen LogP contribution is 2.34. The van der Waals surface area contributed by atoms with Crippen LogP contribution in [0.25, 0.3) is 11.1 Å². The SMILES string of the molecule is C=CCOc1ccc(-c2ccc(OCC=C)c(CC=C)c2CC=C)cc1. The van der Waals surface area contributed by atoms with Crippen LogP contribution in [0, 0.1) is 0 Å². The van der Waals surface area contributed by atoms with E-state index in [1.54, 1.807) is 12.2 Å². The Labute approximate surface area is 156 Å². The van der Waals surface area contributed by atoms with E-state index < -0.39 is 0 Å². The van der Waals surface area contributed by atoms with Gasteiger partial charge in [-0.2, -0.15) is 0 Å². The lowest BCUT2D eigenvalue weighted by Gasteiger charge is -2.18. The zero-order valence-electron chi connectivity index (χ0n) is 15.2. The van der Waals surface area contributed by atoms with E-state index in [1.165, 1.54) is 11.1 Å². The Bertz CT molecular complexity index is 770. The summed E-state index contributed by atoms with van der Waals surface area (Å²) in [6.07, 6.45) is 8.81. The molecule has 0 saturated carbocycles. The van der Waals surface area contributed by atoms with Crippen LogP contribution < -0.4 is 9.47 Å². The van der Waals surface area contributed by atoms with Gasteiger partial charge in [0.05, 0.1) is 0 Å². The summed E-state index contributed by atoms with van der Waals surface area (Å²) in [5.41, 5.74) is 4.66. The second kappa shape index (κ2) is 10.1. The molecule has 0 amide bonds. The van der Waals surface area contributed by atoms with Gasteiger partial charge in [0, 0.05) is 5.56 Å². The van der Waals surface area contributed by atoms with E-state index in [-0.39, 0.29) is 0 Å². The molecule has 2 aromatic rings. The van der Waals surface area contributed by atoms with Crippen molar-refractivity contribution in [2.45, 2.75) is 12.8 Å². The zero-order valence-corrected chi connectivity index (χ0v) is 15.2. The van der Waals surface area contributed by atoms with E-state index in [9.17, 15) is 0 Å². The molecule has 0 saturated heterocycles. The molecule has 2 nitrogen and oxygen atoms in total. The van der Waals surface area contributed by atoms with Crippen LogP contribution in [0.2, 0.25) is 0 Å². The minimum atomic E-state index is 0.479. The Hall–Kier alpha value is -3.00. The van der Waals surface area contributed by atoms with E-state index in [2.05, 4.69) is 44.5 Å². The Balaban J connectivity index is 2.47. The molecule has 134 valence electrons. The fourth-order valence-corrected chi connectivity index (χ4v) is 2.86. The summed E-state index contributed by atoms with van der Waals surface area (Å²) >= 11 is 0. The van der Waals surface area contributed by atoms with Gasteiger partial charge < -0.3 is 9.47 Å². The van der Waals surface area contributed by atoms with Gasteiger partial charge in [0.25, 0.3) is 0 Å². The average molecular weight is 346 g/mol. The first-order valence-corrected chi connectivity index (χ1v) is 8.69. The second-order valence-electron chi connectivity index (χ2n) is 5.78. The molecule has 0 heterocycles. The molecule has 0 atom stereocenters. The Kier molecular flexibility index (Phi) is 7.50. The Morgan fingerprint density at radius 3 is 1.88 bits per heavy atom. The molecule has 0 spiro atoms. The summed E-state index contributed by atoms with van der Waals surface area (Å²) in [5, 5.41) is 0. The van der Waals surface area contributed by atoms with Crippen LogP contribution in [0.3, 0.4) is 0 Å². The van der Waals surface area contributed by atoms with E-state index >= 15 is 0 Å². The lowest BCUT2D eigenvalue weighted by atomic mass is 9.91. The van der Waals surface area contributed by atoms with Crippen LogP contribution in [0.1, 0.15) is 11.1 Å². The smallest absolute Gasteiger partial charge is 0.123 e. The highest BCUT2D eigenvalue weighted by molar-refractivity contribution is 5.71. The van der Waals surface area contributed by atoms with E-state index in [4.69, 9.17) is 9.47 Å². The van der Waals surface area contributed by atoms with Gasteiger partial charge in [-0.1, -0.05) is 55.7 Å². The Morgan fingerprint density at radius 2 is 1.27 bits per heavy atom. The fourth-order valence-electron chi connectivity index (χ4n) is 2.86. The fraction of sp³-hybridized carbons (Fsp3) is 0.167. The summed E-state index contributed by atoms with van der Waals surface area (Å²) in [7, 11) is 0. The van der Waals surface area contributed by atoms with Crippen molar-refractivity contribution < 1.29 is 9.47 Å². The van der Waals surface area contributed by atoms with Gasteiger partial charge >= 0.3 is 0 Å². The van der Waals surface area contributed by atoms with Gasteiger partial charge in [-0.25, -0.2) is 0 Å². The van der Waals surface area contributed by atoms with Crippen molar-refractivity contribution in [1.82, 2.24) is 0 Å². The molecule has 0 unspecified atom stereocenters. The van der Waals surface area contributed by atoms with Crippen molar-refractivity contribution in [2.24, 2.45) is 0 Å². The third kappa shape index (κ3) is 4.76. The molecule has 2 heteroatoms. The van der Waals surface area contributed by atoms with Gasteiger partial charge in [-0.15, -0.1) is 13.2 Å². The standard InChI is InChI=1S/C24H26O2/c1-5-9-22-21(19-11-13-20(14-12-19)25-17-7-3)15-16-24(26-18-8-4)23(22)10-6-2/h5-8,11-16H,1-4,9-10,17-18H2. The first-order chi connectivity index (χ1) is 12.7. The van der Waals surface area contributed by atoms with Crippen LogP contribution in [-0.2, 0) is 12.8 Å². The quantitative estimate of drug-likeness (QED) is 0.469. The molecular weight excluding hydrogens is 320 g/mol. The third-order valence-corrected chi connectivity index (χ3v) is 3.97. The van der Waals surface area contributed by atoms with Gasteiger partial charge in [0.1, 0.15) is 24.7 Å². The van der Waals surface area contributed by atoms with Crippen LogP contribution in [-0.4, -0.2) is 13.2 Å². The first-order valence-electron chi connectivity index (χ1n) is 8.69. The number of rotatable bonds is 11. The van der Waals surface area contributed by atoms with Crippen molar-refractivity contribution in [2.75, 3.05) is 13.2 Å². The predicted molar refractivity (Wildman–Crippen MR) is 111 cm³/mol. The third-order valence-electron chi connectivity index (χ3n) is 3.97. The van der Waals surface area contributed by atoms with Gasteiger partial charge in [0.2, 0.25) is 0 Å². The van der Waals surface area contributed by atoms with Gasteiger partial charge in [-0.05, 0) is 47.7 Å². The highest BCUT2D eigenvalue weighted by atomic mass is 16.5. The van der Waals surface area contributed by atoms with E-state index in [0.29, 0.717) is 13.2 Å². The van der Waals surface area contributed by atoms with Crippen molar-refractivity contribution in [3.05, 3.63) is 98.1 Å². The number of hydrogen-bond acceptors (Lipinski definition) is 2. The molecule has 2 rings (SSSR count). The van der Waals surface area contributed by atoms with Gasteiger partial charge in [0.15, 0.2) is 0 Å². The van der Waals surface area contributed by atoms with Crippen molar-refractivity contribution in [1.29, 1.82) is 0 Å². The number of hydrogen-bond donors (Lipinski definition) is 0. The number of ether oxygens (including phenoxy) is 2. The molecule has 2 aromatic carbocycles. The van der Waals surface area contributed by atoms with Crippen LogP contribution >= 0.6 is 0 Å². The Morgan fingerprint density at radius 1 is 0.654 bits per heavy atom. The lowest BCUT2D eigenvalue weighted by molar-refractivity contribution is 0.359. The summed E-state index contributed by atoms with van der Waals surface area (Å²) < 4.78 is 11.4. The minimum Gasteiger partial charge on any atom is -0.490 e. The summed E-state index contributed by atoms with van der Waals surface area (Å²) in [6.45, 7) is 16.2. The maximum atomic E-state index is 5.85. The molecule has 0 N–H and O–H groups in total. The largest absolute Gasteiger partial charge is 0.490 e. The zero-order chi connectivity index (χ0) is 18.8. The summed E-state index contributed by atoms with van der Waals surface area (Å²) in [5.74, 6) is 1.70. The summed E-state index contributed by atoms with van der Waals surface area (Å²) in [6, 6.07) is 12.2. The molecule has 0 aliphatic rings. The highest BCUT2D eigenvalue weighted by Gasteiger charge is 2.14. The number of benzene rings is 2. The van der Waals surface area contributed by atoms with Gasteiger partial charge in [-0.3, -0.25) is 0 Å². The second-order valence-corrected chi connectivity index (χ2v) is 5.78. The molecule has 0 bridgehead atoms. The monoisotopic (exact) mass is 346 g/mol. The maximum absolute atomic E-state index is 5.85. The van der Waals surface area contributed by atoms with E-state index in [1.807, 2.05) is 30.4 Å². The minimum absolute atomic E-state index is 0.479. The van der Waals surface area contributed by atoms with Crippen molar-refractivity contribution in [3.63, 3.8) is 0 Å². The summed E-state index contributed by atoms with van der Waals surface area (Å²) in [4.78, 5) is 0. The van der Waals surface area contributed by atoms with Crippen LogP contribution in [0.15, 0.2) is 87.0 Å². The molecule has 0 radical (unpaired) electrons. The molecule has 0 aliphatic carbocycles. The molecular formula is C24H26O2. The normalized spacial score (nSPS) is 10.0. The molecule has 0 aliphatic heterocycles. The van der Waals surface area contributed by atoms with Crippen molar-refractivity contribution >= 4 is 0 Å².